The molecule has 0 aromatic rings. The van der Waals surface area contributed by atoms with Gasteiger partial charge in [-0.3, -0.25) is 0 Å². The van der Waals surface area contributed by atoms with Gasteiger partial charge in [-0.1, -0.05) is 20.3 Å². The molecule has 1 heteroatoms. The third-order valence-corrected chi connectivity index (χ3v) is 4.97. The molecule has 0 aromatic heterocycles. The molecule has 1 N–H and O–H groups in total. The van der Waals surface area contributed by atoms with Crippen molar-refractivity contribution in [1.29, 1.82) is 0 Å². The Hall–Kier alpha value is -0.0400. The normalized spacial score (nSPS) is 47.8. The van der Waals surface area contributed by atoms with Crippen molar-refractivity contribution in [3.05, 3.63) is 0 Å². The average Bonchev–Trinajstić information content (AvgIpc) is 2.22. The molecular weight excluding hydrogens is 182 g/mol. The second-order valence-corrected chi connectivity index (χ2v) is 6.17. The Labute approximate surface area is 95.0 Å². The fourth-order valence-corrected chi connectivity index (χ4v) is 3.62. The van der Waals surface area contributed by atoms with Crippen molar-refractivity contribution in [3.8, 4) is 0 Å². The number of hydrogen-bond acceptors (Lipinski definition) is 1. The van der Waals surface area contributed by atoms with E-state index >= 15 is 0 Å². The summed E-state index contributed by atoms with van der Waals surface area (Å²) in [5, 5.41) is 3.57. The Morgan fingerprint density at radius 3 is 2.20 bits per heavy atom. The Balaban J connectivity index is 1.87. The van der Waals surface area contributed by atoms with E-state index in [1.807, 2.05) is 0 Å². The highest BCUT2D eigenvalue weighted by Gasteiger charge is 2.31. The maximum atomic E-state index is 3.57. The van der Waals surface area contributed by atoms with Crippen molar-refractivity contribution in [1.82, 2.24) is 5.32 Å². The Kier molecular flexibility index (Phi) is 3.71. The third kappa shape index (κ3) is 2.75. The van der Waals surface area contributed by atoms with Gasteiger partial charge < -0.3 is 5.32 Å². The van der Waals surface area contributed by atoms with Crippen LogP contribution in [-0.4, -0.2) is 12.6 Å². The summed E-state index contributed by atoms with van der Waals surface area (Å²) in [7, 11) is 0. The third-order valence-electron chi connectivity index (χ3n) is 4.97. The lowest BCUT2D eigenvalue weighted by atomic mass is 9.68. The van der Waals surface area contributed by atoms with Crippen molar-refractivity contribution in [2.75, 3.05) is 6.54 Å². The summed E-state index contributed by atoms with van der Waals surface area (Å²) in [4.78, 5) is 0. The van der Waals surface area contributed by atoms with E-state index in [0.29, 0.717) is 0 Å². The van der Waals surface area contributed by atoms with E-state index in [-0.39, 0.29) is 0 Å². The first-order valence-electron chi connectivity index (χ1n) is 6.90. The minimum Gasteiger partial charge on any atom is -0.314 e. The van der Waals surface area contributed by atoms with Crippen LogP contribution in [0.5, 0.6) is 0 Å². The lowest BCUT2D eigenvalue weighted by Gasteiger charge is -2.40. The summed E-state index contributed by atoms with van der Waals surface area (Å²) >= 11 is 0. The van der Waals surface area contributed by atoms with Crippen LogP contribution in [0.15, 0.2) is 0 Å². The predicted octanol–water partition coefficient (Wildman–Crippen LogP) is 3.45. The molecular formula is C14H27N. The quantitative estimate of drug-likeness (QED) is 0.697. The van der Waals surface area contributed by atoms with Gasteiger partial charge in [0.15, 0.2) is 0 Å². The van der Waals surface area contributed by atoms with Crippen LogP contribution in [0, 0.1) is 23.7 Å². The van der Waals surface area contributed by atoms with Crippen LogP contribution in [0.1, 0.15) is 52.9 Å². The molecule has 2 rings (SSSR count). The van der Waals surface area contributed by atoms with Gasteiger partial charge in [0.1, 0.15) is 0 Å². The van der Waals surface area contributed by atoms with Crippen molar-refractivity contribution < 1.29 is 0 Å². The standard InChI is InChI=1S/C14H27N/c1-10-4-5-13(8-11(10)2)14-6-7-15-12(3)9-14/h10-15H,4-9H2,1-3H3. The molecule has 5 unspecified atom stereocenters. The van der Waals surface area contributed by atoms with E-state index in [2.05, 4.69) is 26.1 Å². The first-order chi connectivity index (χ1) is 7.16. The van der Waals surface area contributed by atoms with E-state index in [0.717, 1.165) is 29.7 Å². The van der Waals surface area contributed by atoms with Crippen LogP contribution in [0.25, 0.3) is 0 Å². The summed E-state index contributed by atoms with van der Waals surface area (Å²) in [5.74, 6) is 4.01. The minimum atomic E-state index is 0.762. The number of rotatable bonds is 1. The van der Waals surface area contributed by atoms with Crippen molar-refractivity contribution >= 4 is 0 Å². The average molecular weight is 209 g/mol. The SMILES string of the molecule is CC1CC(C2CCC(C)C(C)C2)CCN1. The van der Waals surface area contributed by atoms with E-state index in [9.17, 15) is 0 Å². The topological polar surface area (TPSA) is 12.0 Å². The van der Waals surface area contributed by atoms with Gasteiger partial charge >= 0.3 is 0 Å². The van der Waals surface area contributed by atoms with Crippen molar-refractivity contribution in [2.45, 2.75) is 58.9 Å². The molecule has 1 heterocycles. The van der Waals surface area contributed by atoms with E-state index in [1.54, 1.807) is 0 Å². The highest BCUT2D eigenvalue weighted by atomic mass is 14.9. The van der Waals surface area contributed by atoms with Gasteiger partial charge in [-0.2, -0.15) is 0 Å². The number of piperidine rings is 1. The molecule has 0 spiro atoms. The van der Waals surface area contributed by atoms with Crippen LogP contribution in [-0.2, 0) is 0 Å². The molecule has 0 bridgehead atoms. The smallest absolute Gasteiger partial charge is 0.00414 e. The highest BCUT2D eigenvalue weighted by molar-refractivity contribution is 4.84. The van der Waals surface area contributed by atoms with Crippen LogP contribution in [0.2, 0.25) is 0 Å². The van der Waals surface area contributed by atoms with Gasteiger partial charge in [0.05, 0.1) is 0 Å². The molecule has 2 fully saturated rings. The zero-order valence-electron chi connectivity index (χ0n) is 10.6. The largest absolute Gasteiger partial charge is 0.314 e. The lowest BCUT2D eigenvalue weighted by Crippen LogP contribution is -2.39. The zero-order valence-corrected chi connectivity index (χ0v) is 10.6. The highest BCUT2D eigenvalue weighted by Crippen LogP contribution is 2.40. The Morgan fingerprint density at radius 1 is 0.800 bits per heavy atom. The van der Waals surface area contributed by atoms with Gasteiger partial charge in [0.25, 0.3) is 0 Å². The predicted molar refractivity (Wildman–Crippen MR) is 65.9 cm³/mol. The van der Waals surface area contributed by atoms with Crippen molar-refractivity contribution in [3.63, 3.8) is 0 Å². The first kappa shape index (κ1) is 11.4. The fraction of sp³-hybridized carbons (Fsp3) is 1.00. The van der Waals surface area contributed by atoms with Gasteiger partial charge in [-0.05, 0) is 62.8 Å². The Bertz CT molecular complexity index is 202. The summed E-state index contributed by atoms with van der Waals surface area (Å²) < 4.78 is 0. The number of nitrogens with one attached hydrogen (secondary N) is 1. The summed E-state index contributed by atoms with van der Waals surface area (Å²) in [6.07, 6.45) is 7.33. The molecule has 5 atom stereocenters. The molecule has 88 valence electrons. The van der Waals surface area contributed by atoms with Crippen LogP contribution < -0.4 is 5.32 Å². The maximum absolute atomic E-state index is 3.57. The van der Waals surface area contributed by atoms with Crippen molar-refractivity contribution in [2.24, 2.45) is 23.7 Å². The Morgan fingerprint density at radius 2 is 1.53 bits per heavy atom. The zero-order chi connectivity index (χ0) is 10.8. The maximum Gasteiger partial charge on any atom is 0.00414 e. The van der Waals surface area contributed by atoms with Crippen LogP contribution >= 0.6 is 0 Å². The molecule has 1 saturated heterocycles. The van der Waals surface area contributed by atoms with Gasteiger partial charge in [-0.25, -0.2) is 0 Å². The molecule has 0 aromatic carbocycles. The molecule has 2 aliphatic rings. The second-order valence-electron chi connectivity index (χ2n) is 6.17. The van der Waals surface area contributed by atoms with Crippen LogP contribution in [0.4, 0.5) is 0 Å². The molecule has 0 radical (unpaired) electrons. The van der Waals surface area contributed by atoms with E-state index < -0.39 is 0 Å². The molecule has 1 aliphatic carbocycles. The minimum absolute atomic E-state index is 0.762. The first-order valence-corrected chi connectivity index (χ1v) is 6.90. The van der Waals surface area contributed by atoms with Crippen LogP contribution in [0.3, 0.4) is 0 Å². The summed E-state index contributed by atoms with van der Waals surface area (Å²) in [6.45, 7) is 8.50. The molecule has 15 heavy (non-hydrogen) atoms. The van der Waals surface area contributed by atoms with Gasteiger partial charge in [0, 0.05) is 6.04 Å². The van der Waals surface area contributed by atoms with Gasteiger partial charge in [-0.15, -0.1) is 0 Å². The molecule has 0 amide bonds. The summed E-state index contributed by atoms with van der Waals surface area (Å²) in [5.41, 5.74) is 0. The fourth-order valence-electron chi connectivity index (χ4n) is 3.62. The van der Waals surface area contributed by atoms with Gasteiger partial charge in [0.2, 0.25) is 0 Å². The van der Waals surface area contributed by atoms with E-state index in [4.69, 9.17) is 0 Å². The lowest BCUT2D eigenvalue weighted by molar-refractivity contribution is 0.125. The second kappa shape index (κ2) is 4.86. The number of hydrogen-bond donors (Lipinski definition) is 1. The molecule has 1 nitrogen and oxygen atoms in total. The molecule has 1 aliphatic heterocycles. The summed E-state index contributed by atoms with van der Waals surface area (Å²) in [6, 6.07) is 0.762. The molecule has 1 saturated carbocycles. The monoisotopic (exact) mass is 209 g/mol. The van der Waals surface area contributed by atoms with E-state index in [1.165, 1.54) is 38.6 Å².